The predicted molar refractivity (Wildman–Crippen MR) is 90.0 cm³/mol. The van der Waals surface area contributed by atoms with Gasteiger partial charge in [0.2, 0.25) is 0 Å². The quantitative estimate of drug-likeness (QED) is 0.520. The Morgan fingerprint density at radius 3 is 2.32 bits per heavy atom. The lowest BCUT2D eigenvalue weighted by molar-refractivity contribution is -0.137. The van der Waals surface area contributed by atoms with Gasteiger partial charge < -0.3 is 0 Å². The molecule has 0 fully saturated rings. The van der Waals surface area contributed by atoms with Crippen molar-refractivity contribution < 1.29 is 13.2 Å². The van der Waals surface area contributed by atoms with E-state index < -0.39 is 11.7 Å². The lowest BCUT2D eigenvalue weighted by Gasteiger charge is -2.12. The molecule has 0 aliphatic rings. The van der Waals surface area contributed by atoms with E-state index in [0.717, 1.165) is 23.9 Å². The highest BCUT2D eigenvalue weighted by atomic mass is 32.2. The van der Waals surface area contributed by atoms with Gasteiger partial charge in [0, 0.05) is 4.90 Å². The van der Waals surface area contributed by atoms with Crippen LogP contribution in [0.3, 0.4) is 0 Å². The van der Waals surface area contributed by atoms with Crippen molar-refractivity contribution >= 4 is 28.6 Å². The van der Waals surface area contributed by atoms with Crippen LogP contribution in [0.15, 0.2) is 58.5 Å². The number of nitrogens with zero attached hydrogens (tertiary/aromatic N) is 2. The third-order valence-corrected chi connectivity index (χ3v) is 4.49. The second-order valence-electron chi connectivity index (χ2n) is 5.30. The number of fused-ring (bicyclic) bond motifs is 1. The molecule has 25 heavy (non-hydrogen) atoms. The molecule has 0 saturated heterocycles. The SMILES string of the molecule is CC(=N)n1c(=N)c(Sc2ccc(C(F)(F)F)cc2)nc2ccccc21. The van der Waals surface area contributed by atoms with Gasteiger partial charge in [0.05, 0.1) is 16.6 Å². The number of nitrogens with one attached hydrogen (secondary N) is 2. The van der Waals surface area contributed by atoms with E-state index in [1.807, 2.05) is 0 Å². The molecule has 3 rings (SSSR count). The Kier molecular flexibility index (Phi) is 4.38. The van der Waals surface area contributed by atoms with E-state index in [1.54, 1.807) is 31.2 Å². The van der Waals surface area contributed by atoms with E-state index in [-0.39, 0.29) is 11.3 Å². The molecule has 0 spiro atoms. The summed E-state index contributed by atoms with van der Waals surface area (Å²) < 4.78 is 39.4. The third kappa shape index (κ3) is 3.43. The number of benzene rings is 2. The fourth-order valence-corrected chi connectivity index (χ4v) is 3.20. The van der Waals surface area contributed by atoms with Crippen LogP contribution in [0.25, 0.3) is 11.0 Å². The van der Waals surface area contributed by atoms with Crippen molar-refractivity contribution in [1.82, 2.24) is 9.55 Å². The average molecular weight is 362 g/mol. The molecule has 0 aliphatic heterocycles. The van der Waals surface area contributed by atoms with Crippen LogP contribution in [0.2, 0.25) is 0 Å². The third-order valence-electron chi connectivity index (χ3n) is 3.50. The number of alkyl halides is 3. The zero-order chi connectivity index (χ0) is 18.2. The number of hydrogen-bond acceptors (Lipinski definition) is 4. The minimum absolute atomic E-state index is 0.0242. The van der Waals surface area contributed by atoms with Gasteiger partial charge in [0.15, 0.2) is 5.49 Å². The standard InChI is InChI=1S/C17H13F3N4S/c1-10(21)24-14-5-3-2-4-13(14)23-16(15(24)22)25-12-8-6-11(7-9-12)17(18,19)20/h2-9,21-22H,1H3. The first kappa shape index (κ1) is 17.2. The molecule has 0 bridgehead atoms. The summed E-state index contributed by atoms with van der Waals surface area (Å²) in [5.41, 5.74) is 0.548. The topological polar surface area (TPSA) is 65.5 Å². The predicted octanol–water partition coefficient (Wildman–Crippen LogP) is 4.53. The van der Waals surface area contributed by atoms with Crippen LogP contribution < -0.4 is 5.49 Å². The van der Waals surface area contributed by atoms with Gasteiger partial charge in [-0.15, -0.1) is 0 Å². The van der Waals surface area contributed by atoms with Gasteiger partial charge in [-0.05, 0) is 43.3 Å². The summed E-state index contributed by atoms with van der Waals surface area (Å²) in [6.07, 6.45) is -4.38. The maximum Gasteiger partial charge on any atom is 0.416 e. The first-order chi connectivity index (χ1) is 11.8. The molecule has 2 aromatic carbocycles. The van der Waals surface area contributed by atoms with Crippen molar-refractivity contribution in [2.45, 2.75) is 23.0 Å². The number of hydrogen-bond donors (Lipinski definition) is 2. The normalized spacial score (nSPS) is 11.7. The van der Waals surface area contributed by atoms with E-state index in [1.165, 1.54) is 16.7 Å². The molecule has 0 saturated carbocycles. The summed E-state index contributed by atoms with van der Waals surface area (Å²) in [5.74, 6) is 0.165. The first-order valence-corrected chi connectivity index (χ1v) is 8.06. The smallest absolute Gasteiger partial charge is 0.288 e. The highest BCUT2D eigenvalue weighted by Crippen LogP contribution is 2.32. The summed E-state index contributed by atoms with van der Waals surface area (Å²) >= 11 is 1.10. The van der Waals surface area contributed by atoms with Crippen molar-refractivity contribution in [3.05, 3.63) is 59.6 Å². The summed E-state index contributed by atoms with van der Waals surface area (Å²) in [6, 6.07) is 11.8. The zero-order valence-corrected chi connectivity index (χ0v) is 13.9. The Bertz CT molecular complexity index is 1010. The van der Waals surface area contributed by atoms with Gasteiger partial charge in [-0.3, -0.25) is 15.4 Å². The van der Waals surface area contributed by atoms with E-state index in [9.17, 15) is 13.2 Å². The largest absolute Gasteiger partial charge is 0.416 e. The van der Waals surface area contributed by atoms with E-state index in [2.05, 4.69) is 4.98 Å². The van der Waals surface area contributed by atoms with Crippen molar-refractivity contribution in [3.63, 3.8) is 0 Å². The van der Waals surface area contributed by atoms with Gasteiger partial charge in [-0.2, -0.15) is 13.2 Å². The Balaban J connectivity index is 2.06. The van der Waals surface area contributed by atoms with Crippen LogP contribution >= 0.6 is 11.8 Å². The van der Waals surface area contributed by atoms with Crippen LogP contribution in [-0.2, 0) is 6.18 Å². The lowest BCUT2D eigenvalue weighted by atomic mass is 10.2. The van der Waals surface area contributed by atoms with Crippen molar-refractivity contribution in [2.75, 3.05) is 0 Å². The van der Waals surface area contributed by atoms with E-state index >= 15 is 0 Å². The van der Waals surface area contributed by atoms with E-state index in [0.29, 0.717) is 21.0 Å². The number of aromatic nitrogens is 2. The Hall–Kier alpha value is -2.61. The molecule has 2 N–H and O–H groups in total. The number of halogens is 3. The van der Waals surface area contributed by atoms with Gasteiger partial charge >= 0.3 is 6.18 Å². The molecule has 8 heteroatoms. The Morgan fingerprint density at radius 2 is 1.72 bits per heavy atom. The molecular weight excluding hydrogens is 349 g/mol. The second kappa shape index (κ2) is 6.36. The number of rotatable bonds is 2. The molecule has 1 heterocycles. The van der Waals surface area contributed by atoms with Crippen LogP contribution in [-0.4, -0.2) is 15.4 Å². The van der Waals surface area contributed by atoms with Crippen LogP contribution in [0.4, 0.5) is 13.2 Å². The highest BCUT2D eigenvalue weighted by molar-refractivity contribution is 7.99. The summed E-state index contributed by atoms with van der Waals surface area (Å²) in [6.45, 7) is 1.57. The molecule has 4 nitrogen and oxygen atoms in total. The molecule has 0 amide bonds. The molecule has 1 aromatic heterocycles. The summed E-state index contributed by atoms with van der Waals surface area (Å²) in [5, 5.41) is 16.5. The molecule has 0 atom stereocenters. The molecule has 0 aliphatic carbocycles. The Morgan fingerprint density at radius 1 is 1.08 bits per heavy atom. The van der Waals surface area contributed by atoms with Crippen molar-refractivity contribution in [1.29, 1.82) is 10.8 Å². The van der Waals surface area contributed by atoms with Crippen molar-refractivity contribution in [3.8, 4) is 0 Å². The van der Waals surface area contributed by atoms with Gasteiger partial charge in [-0.1, -0.05) is 23.9 Å². The lowest BCUT2D eigenvalue weighted by Crippen LogP contribution is -2.27. The summed E-state index contributed by atoms with van der Waals surface area (Å²) in [4.78, 5) is 4.96. The molecular formula is C17H13F3N4S. The minimum Gasteiger partial charge on any atom is -0.288 e. The van der Waals surface area contributed by atoms with Gasteiger partial charge in [0.25, 0.3) is 0 Å². The second-order valence-corrected chi connectivity index (χ2v) is 6.36. The maximum absolute atomic E-state index is 12.7. The fourth-order valence-electron chi connectivity index (χ4n) is 2.37. The molecule has 3 aromatic rings. The zero-order valence-electron chi connectivity index (χ0n) is 13.1. The van der Waals surface area contributed by atoms with Crippen LogP contribution in [0, 0.1) is 10.8 Å². The molecule has 0 unspecified atom stereocenters. The Labute approximate surface area is 145 Å². The number of para-hydroxylation sites is 2. The first-order valence-electron chi connectivity index (χ1n) is 7.24. The summed E-state index contributed by atoms with van der Waals surface area (Å²) in [7, 11) is 0. The minimum atomic E-state index is -4.38. The average Bonchev–Trinajstić information content (AvgIpc) is 2.55. The van der Waals surface area contributed by atoms with Gasteiger partial charge in [0.1, 0.15) is 10.9 Å². The van der Waals surface area contributed by atoms with Crippen LogP contribution in [0.1, 0.15) is 12.5 Å². The maximum atomic E-state index is 12.7. The van der Waals surface area contributed by atoms with Crippen LogP contribution in [0.5, 0.6) is 0 Å². The fraction of sp³-hybridized carbons (Fsp3) is 0.118. The molecule has 0 radical (unpaired) electrons. The van der Waals surface area contributed by atoms with Crippen molar-refractivity contribution in [2.24, 2.45) is 0 Å². The van der Waals surface area contributed by atoms with Gasteiger partial charge in [-0.25, -0.2) is 4.98 Å². The van der Waals surface area contributed by atoms with E-state index in [4.69, 9.17) is 10.8 Å². The molecule has 128 valence electrons. The monoisotopic (exact) mass is 362 g/mol. The highest BCUT2D eigenvalue weighted by Gasteiger charge is 2.30.